The first kappa shape index (κ1) is 15.8. The second-order valence-electron chi connectivity index (χ2n) is 3.98. The van der Waals surface area contributed by atoms with Crippen LogP contribution in [0.2, 0.25) is 0 Å². The molecule has 0 aliphatic rings. The van der Waals surface area contributed by atoms with Crippen molar-refractivity contribution in [1.82, 2.24) is 4.72 Å². The highest BCUT2D eigenvalue weighted by Crippen LogP contribution is 1.94. The molecule has 98 valence electrons. The molecular formula is C10H24N2O3S. The number of nitrogens with one attached hydrogen (secondary N) is 1. The number of sulfonamides is 1. The van der Waals surface area contributed by atoms with Crippen LogP contribution >= 0.6 is 0 Å². The molecule has 0 atom stereocenters. The Balaban J connectivity index is 3.55. The third-order valence-corrected chi connectivity index (χ3v) is 3.35. The van der Waals surface area contributed by atoms with E-state index in [1.807, 2.05) is 13.8 Å². The SMILES string of the molecule is CC(C)OCCS(=O)(=O)NCCCCCN. The number of nitrogens with two attached hydrogens (primary N) is 1. The van der Waals surface area contributed by atoms with E-state index in [0.29, 0.717) is 13.1 Å². The van der Waals surface area contributed by atoms with Crippen LogP contribution in [-0.4, -0.2) is 40.0 Å². The Labute approximate surface area is 98.8 Å². The molecule has 0 aromatic heterocycles. The van der Waals surface area contributed by atoms with Crippen LogP contribution in [0.3, 0.4) is 0 Å². The van der Waals surface area contributed by atoms with E-state index in [9.17, 15) is 8.42 Å². The minimum atomic E-state index is -3.17. The van der Waals surface area contributed by atoms with Crippen molar-refractivity contribution < 1.29 is 13.2 Å². The summed E-state index contributed by atoms with van der Waals surface area (Å²) in [4.78, 5) is 0. The van der Waals surface area contributed by atoms with Gasteiger partial charge in [0.2, 0.25) is 10.0 Å². The van der Waals surface area contributed by atoms with Gasteiger partial charge in [-0.2, -0.15) is 0 Å². The predicted molar refractivity (Wildman–Crippen MR) is 65.8 cm³/mol. The standard InChI is InChI=1S/C10H24N2O3S/c1-10(2)15-8-9-16(13,14)12-7-5-3-4-6-11/h10,12H,3-9,11H2,1-2H3. The largest absolute Gasteiger partial charge is 0.378 e. The van der Waals surface area contributed by atoms with Crippen LogP contribution < -0.4 is 10.5 Å². The Morgan fingerprint density at radius 1 is 1.25 bits per heavy atom. The molecule has 0 bridgehead atoms. The molecule has 0 fully saturated rings. The van der Waals surface area contributed by atoms with Crippen molar-refractivity contribution >= 4 is 10.0 Å². The molecule has 0 spiro atoms. The summed E-state index contributed by atoms with van der Waals surface area (Å²) in [6.07, 6.45) is 2.81. The molecule has 0 heterocycles. The highest BCUT2D eigenvalue weighted by molar-refractivity contribution is 7.89. The molecule has 5 nitrogen and oxygen atoms in total. The van der Waals surface area contributed by atoms with Crippen molar-refractivity contribution in [3.05, 3.63) is 0 Å². The van der Waals surface area contributed by atoms with Gasteiger partial charge in [0.25, 0.3) is 0 Å². The maximum absolute atomic E-state index is 11.4. The molecule has 0 amide bonds. The lowest BCUT2D eigenvalue weighted by atomic mass is 10.2. The molecule has 0 rings (SSSR count). The van der Waals surface area contributed by atoms with Gasteiger partial charge in [-0.05, 0) is 33.2 Å². The van der Waals surface area contributed by atoms with Crippen molar-refractivity contribution in [2.75, 3.05) is 25.4 Å². The van der Waals surface area contributed by atoms with Crippen LogP contribution in [0.15, 0.2) is 0 Å². The van der Waals surface area contributed by atoms with Crippen molar-refractivity contribution in [3.63, 3.8) is 0 Å². The van der Waals surface area contributed by atoms with Gasteiger partial charge in [-0.3, -0.25) is 0 Å². The zero-order valence-electron chi connectivity index (χ0n) is 10.2. The van der Waals surface area contributed by atoms with Gasteiger partial charge >= 0.3 is 0 Å². The van der Waals surface area contributed by atoms with E-state index in [4.69, 9.17) is 10.5 Å². The predicted octanol–water partition coefficient (Wildman–Crippen LogP) is 0.460. The number of hydrogen-bond donors (Lipinski definition) is 2. The Kier molecular flexibility index (Phi) is 8.83. The summed E-state index contributed by atoms with van der Waals surface area (Å²) in [5.41, 5.74) is 5.34. The van der Waals surface area contributed by atoms with E-state index in [1.165, 1.54) is 0 Å². The third kappa shape index (κ3) is 10.4. The second kappa shape index (κ2) is 8.92. The van der Waals surface area contributed by atoms with E-state index >= 15 is 0 Å². The van der Waals surface area contributed by atoms with Crippen molar-refractivity contribution in [3.8, 4) is 0 Å². The van der Waals surface area contributed by atoms with E-state index in [-0.39, 0.29) is 18.5 Å². The molecule has 0 saturated heterocycles. The van der Waals surface area contributed by atoms with Crippen molar-refractivity contribution in [2.24, 2.45) is 5.73 Å². The summed E-state index contributed by atoms with van der Waals surface area (Å²) in [6, 6.07) is 0. The Hall–Kier alpha value is -0.170. The minimum Gasteiger partial charge on any atom is -0.378 e. The fourth-order valence-corrected chi connectivity index (χ4v) is 2.05. The molecule has 0 radical (unpaired) electrons. The van der Waals surface area contributed by atoms with Crippen LogP contribution in [0.25, 0.3) is 0 Å². The van der Waals surface area contributed by atoms with Gasteiger partial charge in [0, 0.05) is 6.54 Å². The third-order valence-electron chi connectivity index (χ3n) is 2.01. The van der Waals surface area contributed by atoms with Gasteiger partial charge in [0.15, 0.2) is 0 Å². The minimum absolute atomic E-state index is 0.0298. The first-order valence-corrected chi connectivity index (χ1v) is 7.42. The van der Waals surface area contributed by atoms with E-state index in [0.717, 1.165) is 19.3 Å². The summed E-state index contributed by atoms with van der Waals surface area (Å²) in [7, 11) is -3.17. The molecule has 0 aromatic carbocycles. The Morgan fingerprint density at radius 3 is 2.50 bits per heavy atom. The zero-order valence-corrected chi connectivity index (χ0v) is 11.1. The van der Waals surface area contributed by atoms with Gasteiger partial charge in [-0.15, -0.1) is 0 Å². The lowest BCUT2D eigenvalue weighted by Crippen LogP contribution is -2.29. The second-order valence-corrected chi connectivity index (χ2v) is 5.91. The van der Waals surface area contributed by atoms with Gasteiger partial charge in [-0.25, -0.2) is 13.1 Å². The average Bonchev–Trinajstić information content (AvgIpc) is 2.16. The maximum atomic E-state index is 11.4. The molecule has 0 aliphatic carbocycles. The Morgan fingerprint density at radius 2 is 1.94 bits per heavy atom. The summed E-state index contributed by atoms with van der Waals surface area (Å²) in [5, 5.41) is 0. The van der Waals surface area contributed by atoms with E-state index in [2.05, 4.69) is 4.72 Å². The summed E-state index contributed by atoms with van der Waals surface area (Å²) < 4.78 is 30.6. The number of unbranched alkanes of at least 4 members (excludes halogenated alkanes) is 2. The van der Waals surface area contributed by atoms with Crippen LogP contribution in [0.1, 0.15) is 33.1 Å². The van der Waals surface area contributed by atoms with Crippen LogP contribution in [0.4, 0.5) is 0 Å². The smallest absolute Gasteiger partial charge is 0.213 e. The monoisotopic (exact) mass is 252 g/mol. The van der Waals surface area contributed by atoms with Crippen molar-refractivity contribution in [1.29, 1.82) is 0 Å². The average molecular weight is 252 g/mol. The first-order valence-electron chi connectivity index (χ1n) is 5.77. The van der Waals surface area contributed by atoms with E-state index < -0.39 is 10.0 Å². The normalized spacial score (nSPS) is 12.2. The van der Waals surface area contributed by atoms with Gasteiger partial charge in [0.05, 0.1) is 18.5 Å². The number of ether oxygens (including phenoxy) is 1. The summed E-state index contributed by atoms with van der Waals surface area (Å²) >= 11 is 0. The Bertz CT molecular complexity index is 253. The maximum Gasteiger partial charge on any atom is 0.213 e. The van der Waals surface area contributed by atoms with Crippen LogP contribution in [0.5, 0.6) is 0 Å². The zero-order chi connectivity index (χ0) is 12.4. The van der Waals surface area contributed by atoms with Gasteiger partial charge < -0.3 is 10.5 Å². The molecule has 0 saturated carbocycles. The quantitative estimate of drug-likeness (QED) is 0.553. The van der Waals surface area contributed by atoms with Gasteiger partial charge in [0.1, 0.15) is 0 Å². The van der Waals surface area contributed by atoms with E-state index in [1.54, 1.807) is 0 Å². The topological polar surface area (TPSA) is 81.4 Å². The number of hydrogen-bond acceptors (Lipinski definition) is 4. The molecule has 0 aromatic rings. The first-order chi connectivity index (χ1) is 7.48. The fraction of sp³-hybridized carbons (Fsp3) is 1.00. The molecule has 0 unspecified atom stereocenters. The van der Waals surface area contributed by atoms with Crippen LogP contribution in [-0.2, 0) is 14.8 Å². The molecule has 3 N–H and O–H groups in total. The van der Waals surface area contributed by atoms with Gasteiger partial charge in [-0.1, -0.05) is 6.42 Å². The molecular weight excluding hydrogens is 228 g/mol. The summed E-state index contributed by atoms with van der Waals surface area (Å²) in [5.74, 6) is 0.0298. The van der Waals surface area contributed by atoms with Crippen LogP contribution in [0, 0.1) is 0 Å². The fourth-order valence-electron chi connectivity index (χ4n) is 1.14. The lowest BCUT2D eigenvalue weighted by molar-refractivity contribution is 0.0911. The summed E-state index contributed by atoms with van der Waals surface area (Å²) in [6.45, 7) is 5.16. The molecule has 16 heavy (non-hydrogen) atoms. The van der Waals surface area contributed by atoms with Crippen molar-refractivity contribution in [2.45, 2.75) is 39.2 Å². The lowest BCUT2D eigenvalue weighted by Gasteiger charge is -2.09. The number of rotatable bonds is 10. The molecule has 0 aliphatic heterocycles. The highest BCUT2D eigenvalue weighted by Gasteiger charge is 2.09. The highest BCUT2D eigenvalue weighted by atomic mass is 32.2. The molecule has 6 heteroatoms.